The van der Waals surface area contributed by atoms with E-state index in [0.717, 1.165) is 10.2 Å². The van der Waals surface area contributed by atoms with Crippen LogP contribution in [0.2, 0.25) is 0 Å². The van der Waals surface area contributed by atoms with E-state index in [1.165, 1.54) is 12.1 Å². The van der Waals surface area contributed by atoms with Gasteiger partial charge in [-0.25, -0.2) is 4.39 Å². The van der Waals surface area contributed by atoms with Crippen molar-refractivity contribution in [3.63, 3.8) is 0 Å². The van der Waals surface area contributed by atoms with Crippen molar-refractivity contribution in [1.82, 2.24) is 0 Å². The quantitative estimate of drug-likeness (QED) is 0.793. The van der Waals surface area contributed by atoms with Gasteiger partial charge in [0.1, 0.15) is 19.0 Å². The number of aliphatic hydroxyl groups is 1. The number of hydrogen-bond donors (Lipinski definition) is 1. The molecule has 0 unspecified atom stereocenters. The van der Waals surface area contributed by atoms with E-state index < -0.39 is 11.9 Å². The molecule has 0 radical (unpaired) electrons. The van der Waals surface area contributed by atoms with Gasteiger partial charge in [0.05, 0.1) is 6.10 Å². The third kappa shape index (κ3) is 4.72. The summed E-state index contributed by atoms with van der Waals surface area (Å²) in [6, 6.07) is 11.9. The summed E-state index contributed by atoms with van der Waals surface area (Å²) in [5.41, 5.74) is 0.519. The minimum atomic E-state index is -0.700. The van der Waals surface area contributed by atoms with Gasteiger partial charge < -0.3 is 14.6 Å². The summed E-state index contributed by atoms with van der Waals surface area (Å²) in [5, 5.41) is 9.37. The maximum absolute atomic E-state index is 13.7. The Morgan fingerprint density at radius 1 is 1.10 bits per heavy atom. The summed E-state index contributed by atoms with van der Waals surface area (Å²) in [7, 11) is 0. The van der Waals surface area contributed by atoms with Crippen LogP contribution in [0.25, 0.3) is 0 Å². The van der Waals surface area contributed by atoms with Crippen LogP contribution in [-0.2, 0) is 0 Å². The molecule has 0 spiro atoms. The molecule has 0 aromatic heterocycles. The Morgan fingerprint density at radius 2 is 1.76 bits per heavy atom. The Labute approximate surface area is 131 Å². The van der Waals surface area contributed by atoms with Crippen LogP contribution in [0.1, 0.15) is 18.6 Å². The first kappa shape index (κ1) is 15.8. The molecule has 2 rings (SSSR count). The maximum atomic E-state index is 13.7. The molecule has 2 aromatic carbocycles. The number of aliphatic hydroxyl groups excluding tert-OH is 1. The van der Waals surface area contributed by atoms with E-state index in [9.17, 15) is 9.50 Å². The Kier molecular flexibility index (Phi) is 5.59. The monoisotopic (exact) mass is 354 g/mol. The first-order valence-electron chi connectivity index (χ1n) is 6.55. The third-order valence-corrected chi connectivity index (χ3v) is 3.39. The van der Waals surface area contributed by atoms with Crippen LogP contribution in [0.3, 0.4) is 0 Å². The molecule has 0 heterocycles. The molecule has 0 aliphatic rings. The predicted molar refractivity (Wildman–Crippen MR) is 82.2 cm³/mol. The lowest BCUT2D eigenvalue weighted by Gasteiger charge is -2.11. The summed E-state index contributed by atoms with van der Waals surface area (Å²) < 4.78 is 25.5. The second kappa shape index (κ2) is 7.43. The summed E-state index contributed by atoms with van der Waals surface area (Å²) in [5.74, 6) is 0.391. The van der Waals surface area contributed by atoms with Crippen molar-refractivity contribution >= 4 is 15.9 Å². The fraction of sp³-hybridized carbons (Fsp3) is 0.250. The topological polar surface area (TPSA) is 38.7 Å². The van der Waals surface area contributed by atoms with Crippen molar-refractivity contribution in [1.29, 1.82) is 0 Å². The molecule has 112 valence electrons. The van der Waals surface area contributed by atoms with Gasteiger partial charge in [-0.3, -0.25) is 0 Å². The van der Waals surface area contributed by atoms with Gasteiger partial charge in [-0.05, 0) is 48.9 Å². The van der Waals surface area contributed by atoms with Gasteiger partial charge in [-0.1, -0.05) is 22.0 Å². The molecule has 0 aliphatic heterocycles. The molecule has 2 aromatic rings. The lowest BCUT2D eigenvalue weighted by atomic mass is 10.1. The number of rotatable bonds is 6. The zero-order chi connectivity index (χ0) is 15.2. The Balaban J connectivity index is 1.82. The molecule has 3 nitrogen and oxygen atoms in total. The van der Waals surface area contributed by atoms with Crippen LogP contribution in [0.4, 0.5) is 4.39 Å². The molecule has 21 heavy (non-hydrogen) atoms. The highest BCUT2D eigenvalue weighted by molar-refractivity contribution is 9.10. The second-order valence-corrected chi connectivity index (χ2v) is 5.43. The molecule has 0 bridgehead atoms. The molecule has 1 N–H and O–H groups in total. The summed E-state index contributed by atoms with van der Waals surface area (Å²) in [4.78, 5) is 0. The number of hydrogen-bond acceptors (Lipinski definition) is 3. The van der Waals surface area contributed by atoms with Crippen molar-refractivity contribution in [2.75, 3.05) is 13.2 Å². The zero-order valence-corrected chi connectivity index (χ0v) is 13.1. The average Bonchev–Trinajstić information content (AvgIpc) is 2.46. The fourth-order valence-electron chi connectivity index (χ4n) is 1.74. The first-order chi connectivity index (χ1) is 10.1. The van der Waals surface area contributed by atoms with Crippen LogP contribution in [0.15, 0.2) is 46.9 Å². The molecule has 1 atom stereocenters. The highest BCUT2D eigenvalue weighted by Crippen LogP contribution is 2.22. The minimum Gasteiger partial charge on any atom is -0.490 e. The van der Waals surface area contributed by atoms with E-state index in [4.69, 9.17) is 9.47 Å². The van der Waals surface area contributed by atoms with Crippen molar-refractivity contribution in [3.8, 4) is 11.5 Å². The third-order valence-electron chi connectivity index (χ3n) is 2.86. The smallest absolute Gasteiger partial charge is 0.165 e. The average molecular weight is 355 g/mol. The van der Waals surface area contributed by atoms with Crippen LogP contribution in [0.5, 0.6) is 11.5 Å². The van der Waals surface area contributed by atoms with E-state index in [-0.39, 0.29) is 12.4 Å². The summed E-state index contributed by atoms with van der Waals surface area (Å²) in [6.45, 7) is 2.14. The molecule has 5 heteroatoms. The van der Waals surface area contributed by atoms with Crippen LogP contribution < -0.4 is 9.47 Å². The van der Waals surface area contributed by atoms with E-state index in [0.29, 0.717) is 12.2 Å². The Hall–Kier alpha value is -1.59. The van der Waals surface area contributed by atoms with Gasteiger partial charge in [0.25, 0.3) is 0 Å². The largest absolute Gasteiger partial charge is 0.490 e. The first-order valence-corrected chi connectivity index (χ1v) is 7.34. The van der Waals surface area contributed by atoms with Crippen molar-refractivity contribution in [2.45, 2.75) is 13.0 Å². The number of benzene rings is 2. The lowest BCUT2D eigenvalue weighted by molar-refractivity contribution is 0.197. The predicted octanol–water partition coefficient (Wildman–Crippen LogP) is 4.10. The van der Waals surface area contributed by atoms with E-state index in [2.05, 4.69) is 15.9 Å². The fourth-order valence-corrected chi connectivity index (χ4v) is 2.00. The van der Waals surface area contributed by atoms with Crippen LogP contribution in [0, 0.1) is 5.82 Å². The van der Waals surface area contributed by atoms with Gasteiger partial charge in [0.2, 0.25) is 0 Å². The highest BCUT2D eigenvalue weighted by Gasteiger charge is 2.07. The van der Waals surface area contributed by atoms with E-state index in [1.807, 2.05) is 24.3 Å². The zero-order valence-electron chi connectivity index (χ0n) is 11.6. The Bertz CT molecular complexity index is 585. The van der Waals surface area contributed by atoms with Gasteiger partial charge in [0, 0.05) is 4.47 Å². The van der Waals surface area contributed by atoms with Crippen molar-refractivity contribution in [2.24, 2.45) is 0 Å². The van der Waals surface area contributed by atoms with E-state index >= 15 is 0 Å². The van der Waals surface area contributed by atoms with Gasteiger partial charge in [0.15, 0.2) is 11.6 Å². The SMILES string of the molecule is C[C@@H](O)c1ccc(OCCOc2ccc(Br)cc2)c(F)c1. The van der Waals surface area contributed by atoms with Crippen molar-refractivity contribution < 1.29 is 19.0 Å². The van der Waals surface area contributed by atoms with Gasteiger partial charge in [-0.15, -0.1) is 0 Å². The summed E-state index contributed by atoms with van der Waals surface area (Å²) in [6.07, 6.45) is -0.700. The number of halogens is 2. The summed E-state index contributed by atoms with van der Waals surface area (Å²) >= 11 is 3.34. The second-order valence-electron chi connectivity index (χ2n) is 4.52. The molecule has 0 aliphatic carbocycles. The molecule has 0 saturated heterocycles. The maximum Gasteiger partial charge on any atom is 0.165 e. The molecular formula is C16H16BrFO3. The van der Waals surface area contributed by atoms with Crippen LogP contribution in [-0.4, -0.2) is 18.3 Å². The molecule has 0 amide bonds. The molecule has 0 fully saturated rings. The minimum absolute atomic E-state index is 0.152. The lowest BCUT2D eigenvalue weighted by Crippen LogP contribution is -2.10. The number of ether oxygens (including phenoxy) is 2. The highest BCUT2D eigenvalue weighted by atomic mass is 79.9. The van der Waals surface area contributed by atoms with E-state index in [1.54, 1.807) is 13.0 Å². The van der Waals surface area contributed by atoms with Crippen molar-refractivity contribution in [3.05, 3.63) is 58.3 Å². The van der Waals surface area contributed by atoms with Gasteiger partial charge >= 0.3 is 0 Å². The normalized spacial score (nSPS) is 12.0. The van der Waals surface area contributed by atoms with Gasteiger partial charge in [-0.2, -0.15) is 0 Å². The van der Waals surface area contributed by atoms with Crippen LogP contribution >= 0.6 is 15.9 Å². The molecule has 0 saturated carbocycles. The Morgan fingerprint density at radius 3 is 2.38 bits per heavy atom. The standard InChI is InChI=1S/C16H16BrFO3/c1-11(19)12-2-7-16(15(18)10-12)21-9-8-20-14-5-3-13(17)4-6-14/h2-7,10-11,19H,8-9H2,1H3/t11-/m1/s1. The molecular weight excluding hydrogens is 339 g/mol.